The Labute approximate surface area is 184 Å². The van der Waals surface area contributed by atoms with E-state index in [-0.39, 0.29) is 12.1 Å². The number of hydrogen-bond acceptors (Lipinski definition) is 5. The maximum Gasteiger partial charge on any atom is 0.315 e. The van der Waals surface area contributed by atoms with E-state index < -0.39 is 0 Å². The molecule has 1 saturated heterocycles. The van der Waals surface area contributed by atoms with Crippen molar-refractivity contribution in [1.82, 2.24) is 15.5 Å². The van der Waals surface area contributed by atoms with Gasteiger partial charge in [0.2, 0.25) is 0 Å². The summed E-state index contributed by atoms with van der Waals surface area (Å²) in [5.74, 6) is 1.81. The summed E-state index contributed by atoms with van der Waals surface area (Å²) in [5.41, 5.74) is 2.39. The maximum atomic E-state index is 12.2. The number of para-hydroxylation sites is 1. The second-order valence-corrected chi connectivity index (χ2v) is 8.10. The number of rotatable bonds is 7. The molecule has 2 aromatic carbocycles. The largest absolute Gasteiger partial charge is 0.497 e. The molecule has 0 saturated carbocycles. The van der Waals surface area contributed by atoms with Gasteiger partial charge < -0.3 is 25.0 Å². The number of hydrogen-bond donors (Lipinski definition) is 2. The van der Waals surface area contributed by atoms with Crippen molar-refractivity contribution in [1.29, 1.82) is 0 Å². The summed E-state index contributed by atoms with van der Waals surface area (Å²) in [4.78, 5) is 17.1. The number of methoxy groups -OCH3 is 1. The lowest BCUT2D eigenvalue weighted by atomic mass is 10.0. The van der Waals surface area contributed by atoms with Gasteiger partial charge in [0, 0.05) is 38.4 Å². The first-order valence-electron chi connectivity index (χ1n) is 11.1. The highest BCUT2D eigenvalue weighted by Gasteiger charge is 2.21. The lowest BCUT2D eigenvalue weighted by molar-refractivity contribution is 0.213. The molecular formula is C24H32N4O3. The Morgan fingerprint density at radius 3 is 2.65 bits per heavy atom. The fourth-order valence-corrected chi connectivity index (χ4v) is 4.18. The third kappa shape index (κ3) is 5.82. The zero-order valence-electron chi connectivity index (χ0n) is 18.2. The average Bonchev–Trinajstić information content (AvgIpc) is 2.82. The molecule has 7 nitrogen and oxygen atoms in total. The number of urea groups is 1. The topological polar surface area (TPSA) is 66.1 Å². The molecule has 2 heterocycles. The number of nitrogens with one attached hydrogen (secondary N) is 2. The van der Waals surface area contributed by atoms with Gasteiger partial charge in [-0.3, -0.25) is 4.90 Å². The Hall–Kier alpha value is -2.93. The minimum atomic E-state index is -0.114. The second kappa shape index (κ2) is 10.4. The minimum Gasteiger partial charge on any atom is -0.497 e. The van der Waals surface area contributed by atoms with Crippen LogP contribution in [0.2, 0.25) is 0 Å². The molecule has 0 spiro atoms. The van der Waals surface area contributed by atoms with E-state index in [4.69, 9.17) is 9.47 Å². The van der Waals surface area contributed by atoms with E-state index in [0.29, 0.717) is 13.2 Å². The number of amides is 2. The molecule has 1 fully saturated rings. The molecular weight excluding hydrogens is 392 g/mol. The summed E-state index contributed by atoms with van der Waals surface area (Å²) in [5, 5.41) is 6.01. The zero-order valence-corrected chi connectivity index (χ0v) is 18.2. The number of piperazine rings is 1. The van der Waals surface area contributed by atoms with Gasteiger partial charge in [-0.1, -0.05) is 18.2 Å². The van der Waals surface area contributed by atoms with Crippen LogP contribution in [0.1, 0.15) is 12.0 Å². The highest BCUT2D eigenvalue weighted by atomic mass is 16.5. The quantitative estimate of drug-likeness (QED) is 0.669. The lowest BCUT2D eigenvalue weighted by Gasteiger charge is -2.36. The van der Waals surface area contributed by atoms with Gasteiger partial charge >= 0.3 is 6.03 Å². The van der Waals surface area contributed by atoms with Crippen LogP contribution in [0.3, 0.4) is 0 Å². The molecule has 2 aliphatic rings. The van der Waals surface area contributed by atoms with Gasteiger partial charge in [0.25, 0.3) is 0 Å². The van der Waals surface area contributed by atoms with E-state index in [1.54, 1.807) is 7.11 Å². The Morgan fingerprint density at radius 1 is 1.10 bits per heavy atom. The van der Waals surface area contributed by atoms with Crippen LogP contribution >= 0.6 is 0 Å². The van der Waals surface area contributed by atoms with Crippen molar-refractivity contribution in [3.63, 3.8) is 0 Å². The van der Waals surface area contributed by atoms with Crippen molar-refractivity contribution in [2.75, 3.05) is 57.9 Å². The fraction of sp³-hybridized carbons (Fsp3) is 0.458. The van der Waals surface area contributed by atoms with Crippen LogP contribution in [-0.2, 0) is 6.42 Å². The van der Waals surface area contributed by atoms with Crippen LogP contribution in [-0.4, -0.2) is 70.0 Å². The van der Waals surface area contributed by atoms with Gasteiger partial charge in [-0.25, -0.2) is 4.79 Å². The Bertz CT molecular complexity index is 850. The first-order valence-corrected chi connectivity index (χ1v) is 11.1. The number of anilines is 1. The number of fused-ring (bicyclic) bond motifs is 1. The van der Waals surface area contributed by atoms with Gasteiger partial charge in [0.1, 0.15) is 18.1 Å². The molecule has 2 N–H and O–H groups in total. The number of ether oxygens (including phenoxy) is 2. The van der Waals surface area contributed by atoms with Crippen molar-refractivity contribution >= 4 is 11.7 Å². The van der Waals surface area contributed by atoms with E-state index in [9.17, 15) is 4.79 Å². The summed E-state index contributed by atoms with van der Waals surface area (Å²) in [7, 11) is 1.69. The van der Waals surface area contributed by atoms with Gasteiger partial charge in [-0.15, -0.1) is 0 Å². The average molecular weight is 425 g/mol. The molecule has 0 bridgehead atoms. The second-order valence-electron chi connectivity index (χ2n) is 8.10. The minimum absolute atomic E-state index is 0.0148. The van der Waals surface area contributed by atoms with E-state index in [2.05, 4.69) is 38.6 Å². The molecule has 0 radical (unpaired) electrons. The highest BCUT2D eigenvalue weighted by Crippen LogP contribution is 2.24. The molecule has 2 aromatic rings. The van der Waals surface area contributed by atoms with Gasteiger partial charge in [-0.2, -0.15) is 0 Å². The normalized spacial score (nSPS) is 18.6. The molecule has 1 unspecified atom stereocenters. The van der Waals surface area contributed by atoms with Gasteiger partial charge in [0.15, 0.2) is 0 Å². The summed E-state index contributed by atoms with van der Waals surface area (Å²) < 4.78 is 11.0. The summed E-state index contributed by atoms with van der Waals surface area (Å²) in [6, 6.07) is 16.2. The lowest BCUT2D eigenvalue weighted by Crippen LogP contribution is -2.48. The van der Waals surface area contributed by atoms with Crippen molar-refractivity contribution in [3.8, 4) is 11.5 Å². The summed E-state index contributed by atoms with van der Waals surface area (Å²) in [6.07, 6.45) is 1.75. The fourth-order valence-electron chi connectivity index (χ4n) is 4.18. The van der Waals surface area contributed by atoms with Gasteiger partial charge in [-0.05, 0) is 55.3 Å². The van der Waals surface area contributed by atoms with Gasteiger partial charge in [0.05, 0.1) is 13.2 Å². The Morgan fingerprint density at radius 2 is 1.87 bits per heavy atom. The third-order valence-corrected chi connectivity index (χ3v) is 5.96. The van der Waals surface area contributed by atoms with Crippen LogP contribution in [0.5, 0.6) is 11.5 Å². The van der Waals surface area contributed by atoms with E-state index >= 15 is 0 Å². The standard InChI is InChI=1S/C24H32N4O3/c1-30-22-9-7-21(8-10-22)28-15-13-27(14-16-28)12-4-11-25-24(29)26-20-17-19-5-2-3-6-23(19)31-18-20/h2-3,5-10,20H,4,11-18H2,1H3,(H2,25,26,29). The van der Waals surface area contributed by atoms with E-state index in [1.807, 2.05) is 30.3 Å². The first-order chi connectivity index (χ1) is 15.2. The number of carbonyl (C=O) groups is 1. The van der Waals surface area contributed by atoms with Crippen LogP contribution in [0.15, 0.2) is 48.5 Å². The Kier molecular flexibility index (Phi) is 7.14. The molecule has 1 atom stereocenters. The van der Waals surface area contributed by atoms with Crippen LogP contribution in [0, 0.1) is 0 Å². The van der Waals surface area contributed by atoms with E-state index in [0.717, 1.165) is 62.6 Å². The molecule has 31 heavy (non-hydrogen) atoms. The molecule has 2 amide bonds. The van der Waals surface area contributed by atoms with E-state index in [1.165, 1.54) is 5.69 Å². The molecule has 2 aliphatic heterocycles. The molecule has 4 rings (SSSR count). The number of nitrogens with zero attached hydrogens (tertiary/aromatic N) is 2. The predicted molar refractivity (Wildman–Crippen MR) is 122 cm³/mol. The zero-order chi connectivity index (χ0) is 21.5. The van der Waals surface area contributed by atoms with Crippen LogP contribution in [0.4, 0.5) is 10.5 Å². The first kappa shape index (κ1) is 21.3. The number of benzene rings is 2. The maximum absolute atomic E-state index is 12.2. The van der Waals surface area contributed by atoms with Crippen molar-refractivity contribution in [2.24, 2.45) is 0 Å². The summed E-state index contributed by atoms with van der Waals surface area (Å²) in [6.45, 7) is 6.30. The molecule has 0 aromatic heterocycles. The van der Waals surface area contributed by atoms with Crippen LogP contribution < -0.4 is 25.0 Å². The Balaban J connectivity index is 1.10. The smallest absolute Gasteiger partial charge is 0.315 e. The molecule has 166 valence electrons. The van der Waals surface area contributed by atoms with Crippen LogP contribution in [0.25, 0.3) is 0 Å². The van der Waals surface area contributed by atoms with Crippen molar-refractivity contribution < 1.29 is 14.3 Å². The van der Waals surface area contributed by atoms with Crippen molar-refractivity contribution in [3.05, 3.63) is 54.1 Å². The predicted octanol–water partition coefficient (Wildman–Crippen LogP) is 2.51. The monoisotopic (exact) mass is 424 g/mol. The number of carbonyl (C=O) groups excluding carboxylic acids is 1. The molecule has 0 aliphatic carbocycles. The third-order valence-electron chi connectivity index (χ3n) is 5.96. The SMILES string of the molecule is COc1ccc(N2CCN(CCCNC(=O)NC3COc4ccccc4C3)CC2)cc1. The highest BCUT2D eigenvalue weighted by molar-refractivity contribution is 5.74. The molecule has 7 heteroatoms. The van der Waals surface area contributed by atoms with Crippen molar-refractivity contribution in [2.45, 2.75) is 18.9 Å². The summed E-state index contributed by atoms with van der Waals surface area (Å²) >= 11 is 0.